The average Bonchev–Trinajstić information content (AvgIpc) is 3.11. The summed E-state index contributed by atoms with van der Waals surface area (Å²) in [5.74, 6) is 0. The number of hydrogen-bond acceptors (Lipinski definition) is 10. The summed E-state index contributed by atoms with van der Waals surface area (Å²) in [7, 11) is 6.61. The Balaban J connectivity index is -0.0000000793. The second kappa shape index (κ2) is 39.2. The molecule has 0 N–H and O–H groups in total. The smallest absolute Gasteiger partial charge is 0.839 e. The Morgan fingerprint density at radius 3 is 0.270 bits per heavy atom. The maximum absolute atomic E-state index is 10.9. The van der Waals surface area contributed by atoms with Gasteiger partial charge in [-0.05, 0) is 0 Å². The molecule has 0 atom stereocenters. The van der Waals surface area contributed by atoms with E-state index in [4.69, 9.17) is 0 Å². The predicted molar refractivity (Wildman–Crippen MR) is 143 cm³/mol. The minimum Gasteiger partial charge on any atom is -0.839 e. The first kappa shape index (κ1) is 96.0. The summed E-state index contributed by atoms with van der Waals surface area (Å²) in [6, 6.07) is 0. The molecule has 0 aromatic carbocycles. The number of ether oxygens (including phenoxy) is 4. The Kier molecular flexibility index (Phi) is 50.9. The van der Waals surface area contributed by atoms with Crippen molar-refractivity contribution < 1.29 is 288 Å². The van der Waals surface area contributed by atoms with Crippen LogP contribution in [0.25, 0.3) is 0 Å². The minimum absolute atomic E-state index is 0. The van der Waals surface area contributed by atoms with E-state index in [2.05, 4.69) is 18.9 Å². The van der Waals surface area contributed by atoms with Crippen LogP contribution in [0.3, 0.4) is 0 Å². The van der Waals surface area contributed by atoms with Gasteiger partial charge in [0.05, 0.1) is 63.1 Å². The quantitative estimate of drug-likeness (QED) is 0.241. The molecule has 0 saturated carbocycles. The first-order chi connectivity index (χ1) is 30.8. The van der Waals surface area contributed by atoms with Crippen molar-refractivity contribution in [3.63, 3.8) is 0 Å². The number of halogens is 36. The summed E-state index contributed by atoms with van der Waals surface area (Å²) in [6.07, 6.45) is -95.8. The molecule has 0 aliphatic rings. The van der Waals surface area contributed by atoms with Crippen LogP contribution in [0.5, 0.6) is 0 Å². The van der Waals surface area contributed by atoms with E-state index < -0.39 is 111 Å². The van der Waals surface area contributed by atoms with Gasteiger partial charge in [-0.2, -0.15) is 158 Å². The number of alkyl halides is 36. The van der Waals surface area contributed by atoms with E-state index in [1.807, 2.05) is 0 Å². The zero-order valence-electron chi connectivity index (χ0n) is 34.8. The summed E-state index contributed by atoms with van der Waals surface area (Å²) in [6.45, 7) is 2.76. The van der Waals surface area contributed by atoms with Gasteiger partial charge < -0.3 is 49.6 Å². The Morgan fingerprint density at radius 2 is 0.257 bits per heavy atom. The Hall–Kier alpha value is -0.245. The summed E-state index contributed by atoms with van der Waals surface area (Å²) in [4.78, 5) is 0. The molecule has 0 fully saturated rings. The SMILES string of the molecule is COCCOC.COCCOC.[O-]C(C(F)(F)F)C(F)(F)F.[O-]C(C(F)(F)F)C(F)(F)F.[O-]C(C(F)(F)F)C(F)(F)F.[O-]C(C(F)(F)F)C(F)(F)F.[O-]C(C(F)(F)F)C(F)(F)F.[O-]C(C(F)(F)F)C(F)(F)F.[Sm+3].[Sm+3]. The van der Waals surface area contributed by atoms with Crippen molar-refractivity contribution in [1.29, 1.82) is 0 Å². The van der Waals surface area contributed by atoms with Gasteiger partial charge in [0.2, 0.25) is 0 Å². The van der Waals surface area contributed by atoms with E-state index >= 15 is 0 Å². The molecule has 48 heteroatoms. The second-order valence-electron chi connectivity index (χ2n) is 10.8. The fraction of sp³-hybridized carbons (Fsp3) is 1.00. The van der Waals surface area contributed by atoms with Gasteiger partial charge in [0.15, 0.2) is 0 Å². The van der Waals surface area contributed by atoms with E-state index in [9.17, 15) is 189 Å². The number of methoxy groups -OCH3 is 4. The van der Waals surface area contributed by atoms with E-state index in [1.165, 1.54) is 0 Å². The van der Waals surface area contributed by atoms with Gasteiger partial charge in [0.1, 0.15) is 0 Å². The van der Waals surface area contributed by atoms with Crippen molar-refractivity contribution in [1.82, 2.24) is 0 Å². The molecule has 0 heterocycles. The third kappa shape index (κ3) is 59.4. The average molecular weight is 1480 g/mol. The summed E-state index contributed by atoms with van der Waals surface area (Å²) in [5, 5.41) is 55.9. The maximum Gasteiger partial charge on any atom is 3.00 e. The maximum atomic E-state index is 10.9. The Morgan fingerprint density at radius 1 is 0.203 bits per heavy atom. The van der Waals surface area contributed by atoms with Crippen LogP contribution in [0.1, 0.15) is 0 Å². The van der Waals surface area contributed by atoms with Crippen LogP contribution < -0.4 is 30.6 Å². The van der Waals surface area contributed by atoms with Crippen molar-refractivity contribution in [2.45, 2.75) is 111 Å². The molecular formula is C26H26F36O10Sm2. The molecule has 0 aromatic heterocycles. The van der Waals surface area contributed by atoms with Crippen LogP contribution in [0.2, 0.25) is 0 Å². The standard InChI is InChI=1S/2C4H10O2.6C3HF6O.2Sm/c2*1-5-3-4-6-2;6*4-2(5,6)1(10)3(7,8)9;;/h2*3-4H2,1-2H3;6*1H;;/q;;6*-1;2*+3. The van der Waals surface area contributed by atoms with Crippen LogP contribution in [0, 0.1) is 80.8 Å². The summed E-state index contributed by atoms with van der Waals surface area (Å²) in [5.41, 5.74) is 0. The molecule has 454 valence electrons. The van der Waals surface area contributed by atoms with Crippen LogP contribution in [0.4, 0.5) is 158 Å². The predicted octanol–water partition coefficient (Wildman–Crippen LogP) is 5.60. The third-order valence-corrected chi connectivity index (χ3v) is 4.55. The zero-order valence-corrected chi connectivity index (χ0v) is 40.0. The van der Waals surface area contributed by atoms with Crippen LogP contribution in [0.15, 0.2) is 0 Å². The van der Waals surface area contributed by atoms with Crippen molar-refractivity contribution in [2.24, 2.45) is 0 Å². The van der Waals surface area contributed by atoms with Gasteiger partial charge in [-0.15, -0.1) is 0 Å². The van der Waals surface area contributed by atoms with E-state index in [1.54, 1.807) is 28.4 Å². The first-order valence-corrected chi connectivity index (χ1v) is 15.5. The monoisotopic (exact) mass is 1490 g/mol. The topological polar surface area (TPSA) is 175 Å². The minimum atomic E-state index is -5.74. The molecule has 74 heavy (non-hydrogen) atoms. The normalized spacial score (nSPS) is 13.1. The van der Waals surface area contributed by atoms with Gasteiger partial charge in [0, 0.05) is 28.4 Å². The first-order valence-electron chi connectivity index (χ1n) is 15.5. The summed E-state index contributed by atoms with van der Waals surface area (Å²) < 4.78 is 411. The molecular weight excluding hydrogens is 1460 g/mol. The number of hydrogen-bond donors (Lipinski definition) is 0. The molecule has 10 nitrogen and oxygen atoms in total. The third-order valence-electron chi connectivity index (χ3n) is 4.55. The molecule has 0 bridgehead atoms. The molecule has 0 aliphatic carbocycles. The Labute approximate surface area is 451 Å². The van der Waals surface area contributed by atoms with E-state index in [-0.39, 0.29) is 80.8 Å². The second-order valence-corrected chi connectivity index (χ2v) is 10.8. The molecule has 0 spiro atoms. The van der Waals surface area contributed by atoms with Gasteiger partial charge in [-0.1, -0.05) is 0 Å². The molecule has 0 unspecified atom stereocenters. The van der Waals surface area contributed by atoms with E-state index in [0.29, 0.717) is 26.4 Å². The zero-order chi connectivity index (χ0) is 61.1. The molecule has 0 rings (SSSR count). The van der Waals surface area contributed by atoms with Crippen molar-refractivity contribution in [2.75, 3.05) is 54.9 Å². The van der Waals surface area contributed by atoms with Gasteiger partial charge in [0.25, 0.3) is 0 Å². The van der Waals surface area contributed by atoms with Crippen LogP contribution >= 0.6 is 0 Å². The van der Waals surface area contributed by atoms with Crippen LogP contribution in [-0.4, -0.2) is 166 Å². The van der Waals surface area contributed by atoms with Crippen LogP contribution in [-0.2, 0) is 18.9 Å². The molecule has 0 aromatic rings. The van der Waals surface area contributed by atoms with Crippen molar-refractivity contribution >= 4 is 0 Å². The fourth-order valence-electron chi connectivity index (χ4n) is 1.45. The number of rotatable bonds is 6. The van der Waals surface area contributed by atoms with Crippen molar-refractivity contribution in [3.8, 4) is 0 Å². The molecule has 0 amide bonds. The fourth-order valence-corrected chi connectivity index (χ4v) is 1.45. The summed E-state index contributed by atoms with van der Waals surface area (Å²) >= 11 is 0. The largest absolute Gasteiger partial charge is 3.00 e. The molecule has 0 aliphatic heterocycles. The Bertz CT molecular complexity index is 966. The van der Waals surface area contributed by atoms with Gasteiger partial charge in [-0.25, -0.2) is 0 Å². The van der Waals surface area contributed by atoms with Gasteiger partial charge >= 0.3 is 155 Å². The van der Waals surface area contributed by atoms with Crippen molar-refractivity contribution in [3.05, 3.63) is 0 Å². The molecule has 2 radical (unpaired) electrons. The van der Waals surface area contributed by atoms with Gasteiger partial charge in [-0.3, -0.25) is 0 Å². The molecule has 0 saturated heterocycles. The van der Waals surface area contributed by atoms with E-state index in [0.717, 1.165) is 0 Å².